The lowest BCUT2D eigenvalue weighted by Crippen LogP contribution is -2.49. The van der Waals surface area contributed by atoms with Gasteiger partial charge in [-0.1, -0.05) is 0 Å². The van der Waals surface area contributed by atoms with Gasteiger partial charge in [0, 0.05) is 18.0 Å². The fourth-order valence-corrected chi connectivity index (χ4v) is 1.27. The van der Waals surface area contributed by atoms with Crippen molar-refractivity contribution in [3.05, 3.63) is 24.3 Å². The highest BCUT2D eigenvalue weighted by Gasteiger charge is 2.40. The van der Waals surface area contributed by atoms with Crippen LogP contribution in [0.3, 0.4) is 0 Å². The van der Waals surface area contributed by atoms with E-state index in [9.17, 15) is 0 Å². The van der Waals surface area contributed by atoms with Crippen molar-refractivity contribution in [3.8, 4) is 0 Å². The lowest BCUT2D eigenvalue weighted by molar-refractivity contribution is -0.0844. The second kappa shape index (κ2) is 2.80. The summed E-state index contributed by atoms with van der Waals surface area (Å²) >= 11 is 0. The highest BCUT2D eigenvalue weighted by molar-refractivity contribution is 5.22. The van der Waals surface area contributed by atoms with Crippen molar-refractivity contribution in [1.29, 1.82) is 0 Å². The Morgan fingerprint density at radius 3 is 2.50 bits per heavy atom. The van der Waals surface area contributed by atoms with Crippen molar-refractivity contribution < 1.29 is 9.84 Å². The summed E-state index contributed by atoms with van der Waals surface area (Å²) < 4.78 is 5.07. The lowest BCUT2D eigenvalue weighted by Gasteiger charge is -2.39. The van der Waals surface area contributed by atoms with Crippen molar-refractivity contribution in [2.45, 2.75) is 5.41 Å². The minimum absolute atomic E-state index is 0.0976. The standard InChI is InChI=1S/C8H10N2O2/c11-3-8(4-12-5-8)7-1-9-6-10-2-7/h1-2,6,11H,3-5H2. The molecule has 1 aromatic heterocycles. The summed E-state index contributed by atoms with van der Waals surface area (Å²) in [5.74, 6) is 0. The predicted octanol–water partition coefficient (Wildman–Crippen LogP) is -0.263. The predicted molar refractivity (Wildman–Crippen MR) is 41.6 cm³/mol. The highest BCUT2D eigenvalue weighted by Crippen LogP contribution is 2.30. The first-order valence-corrected chi connectivity index (χ1v) is 3.81. The van der Waals surface area contributed by atoms with Gasteiger partial charge in [0.1, 0.15) is 6.33 Å². The number of ether oxygens (including phenoxy) is 1. The van der Waals surface area contributed by atoms with Gasteiger partial charge >= 0.3 is 0 Å². The van der Waals surface area contributed by atoms with Crippen LogP contribution < -0.4 is 0 Å². The van der Waals surface area contributed by atoms with Crippen LogP contribution in [-0.4, -0.2) is 34.9 Å². The molecule has 4 nitrogen and oxygen atoms in total. The van der Waals surface area contributed by atoms with E-state index in [-0.39, 0.29) is 12.0 Å². The second-order valence-electron chi connectivity index (χ2n) is 3.06. The fourth-order valence-electron chi connectivity index (χ4n) is 1.27. The van der Waals surface area contributed by atoms with Crippen LogP contribution in [0.25, 0.3) is 0 Å². The molecule has 1 aromatic rings. The highest BCUT2D eigenvalue weighted by atomic mass is 16.5. The van der Waals surface area contributed by atoms with Crippen LogP contribution in [0.1, 0.15) is 5.56 Å². The van der Waals surface area contributed by atoms with Crippen LogP contribution in [0.15, 0.2) is 18.7 Å². The third kappa shape index (κ3) is 1.00. The molecular formula is C8H10N2O2. The summed E-state index contributed by atoms with van der Waals surface area (Å²) in [6.45, 7) is 1.23. The average molecular weight is 166 g/mol. The Labute approximate surface area is 70.2 Å². The van der Waals surface area contributed by atoms with Crippen LogP contribution in [0.5, 0.6) is 0 Å². The molecule has 0 unspecified atom stereocenters. The van der Waals surface area contributed by atoms with Gasteiger partial charge < -0.3 is 9.84 Å². The minimum Gasteiger partial charge on any atom is -0.395 e. The van der Waals surface area contributed by atoms with Gasteiger partial charge in [0.25, 0.3) is 0 Å². The van der Waals surface area contributed by atoms with Gasteiger partial charge in [0.15, 0.2) is 0 Å². The Morgan fingerprint density at radius 1 is 1.42 bits per heavy atom. The molecule has 2 rings (SSSR count). The summed E-state index contributed by atoms with van der Waals surface area (Å²) in [6.07, 6.45) is 4.94. The maximum absolute atomic E-state index is 9.15. The summed E-state index contributed by atoms with van der Waals surface area (Å²) in [5.41, 5.74) is 0.722. The Balaban J connectivity index is 2.28. The van der Waals surface area contributed by atoms with Gasteiger partial charge in [0.2, 0.25) is 0 Å². The molecular weight excluding hydrogens is 156 g/mol. The monoisotopic (exact) mass is 166 g/mol. The molecule has 0 aromatic carbocycles. The third-order valence-electron chi connectivity index (χ3n) is 2.23. The number of aliphatic hydroxyl groups is 1. The van der Waals surface area contributed by atoms with E-state index in [1.807, 2.05) is 0 Å². The lowest BCUT2D eigenvalue weighted by atomic mass is 9.81. The Bertz CT molecular complexity index is 254. The van der Waals surface area contributed by atoms with Gasteiger partial charge in [0.05, 0.1) is 25.2 Å². The molecule has 1 N–H and O–H groups in total. The van der Waals surface area contributed by atoms with E-state index in [1.54, 1.807) is 12.4 Å². The molecule has 12 heavy (non-hydrogen) atoms. The molecule has 0 amide bonds. The van der Waals surface area contributed by atoms with Crippen molar-refractivity contribution in [2.75, 3.05) is 19.8 Å². The smallest absolute Gasteiger partial charge is 0.115 e. The summed E-state index contributed by atoms with van der Waals surface area (Å²) in [5, 5.41) is 9.15. The van der Waals surface area contributed by atoms with Crippen molar-refractivity contribution in [1.82, 2.24) is 9.97 Å². The number of rotatable bonds is 2. The zero-order valence-corrected chi connectivity index (χ0v) is 6.60. The van der Waals surface area contributed by atoms with E-state index < -0.39 is 0 Å². The molecule has 0 spiro atoms. The number of hydrogen-bond donors (Lipinski definition) is 1. The minimum atomic E-state index is -0.235. The largest absolute Gasteiger partial charge is 0.395 e. The van der Waals surface area contributed by atoms with Crippen LogP contribution in [0.4, 0.5) is 0 Å². The quantitative estimate of drug-likeness (QED) is 0.657. The summed E-state index contributed by atoms with van der Waals surface area (Å²) in [7, 11) is 0. The van der Waals surface area contributed by atoms with E-state index in [0.29, 0.717) is 13.2 Å². The number of nitrogens with zero attached hydrogens (tertiary/aromatic N) is 2. The zero-order valence-electron chi connectivity index (χ0n) is 6.60. The first-order chi connectivity index (χ1) is 5.87. The second-order valence-corrected chi connectivity index (χ2v) is 3.06. The molecule has 4 heteroatoms. The maximum Gasteiger partial charge on any atom is 0.115 e. The average Bonchev–Trinajstić information content (AvgIpc) is 2.05. The molecule has 0 bridgehead atoms. The zero-order chi connectivity index (χ0) is 8.44. The number of aliphatic hydroxyl groups excluding tert-OH is 1. The van der Waals surface area contributed by atoms with Crippen molar-refractivity contribution >= 4 is 0 Å². The van der Waals surface area contributed by atoms with Crippen LogP contribution in [-0.2, 0) is 10.2 Å². The van der Waals surface area contributed by atoms with E-state index in [1.165, 1.54) is 6.33 Å². The van der Waals surface area contributed by atoms with E-state index >= 15 is 0 Å². The van der Waals surface area contributed by atoms with Crippen molar-refractivity contribution in [2.24, 2.45) is 0 Å². The number of aromatic nitrogens is 2. The first kappa shape index (κ1) is 7.64. The molecule has 0 aliphatic carbocycles. The Kier molecular flexibility index (Phi) is 1.78. The maximum atomic E-state index is 9.15. The molecule has 1 saturated heterocycles. The Morgan fingerprint density at radius 2 is 2.08 bits per heavy atom. The van der Waals surface area contributed by atoms with Crippen molar-refractivity contribution in [3.63, 3.8) is 0 Å². The first-order valence-electron chi connectivity index (χ1n) is 3.81. The van der Waals surface area contributed by atoms with Crippen LogP contribution >= 0.6 is 0 Å². The molecule has 0 radical (unpaired) electrons. The molecule has 64 valence electrons. The molecule has 1 fully saturated rings. The molecule has 0 atom stereocenters. The van der Waals surface area contributed by atoms with E-state index in [0.717, 1.165) is 5.56 Å². The van der Waals surface area contributed by atoms with Gasteiger partial charge in [-0.2, -0.15) is 0 Å². The van der Waals surface area contributed by atoms with Crippen LogP contribution in [0, 0.1) is 0 Å². The molecule has 1 aliphatic rings. The van der Waals surface area contributed by atoms with Crippen LogP contribution in [0.2, 0.25) is 0 Å². The fraction of sp³-hybridized carbons (Fsp3) is 0.500. The van der Waals surface area contributed by atoms with Gasteiger partial charge in [-0.3, -0.25) is 0 Å². The molecule has 0 saturated carbocycles. The topological polar surface area (TPSA) is 55.2 Å². The summed E-state index contributed by atoms with van der Waals surface area (Å²) in [6, 6.07) is 0. The van der Waals surface area contributed by atoms with E-state index in [2.05, 4.69) is 9.97 Å². The van der Waals surface area contributed by atoms with Gasteiger partial charge in [-0.15, -0.1) is 0 Å². The third-order valence-corrected chi connectivity index (χ3v) is 2.23. The molecule has 1 aliphatic heterocycles. The molecule has 2 heterocycles. The summed E-state index contributed by atoms with van der Waals surface area (Å²) in [4.78, 5) is 7.81. The number of hydrogen-bond acceptors (Lipinski definition) is 4. The van der Waals surface area contributed by atoms with Gasteiger partial charge in [-0.05, 0) is 0 Å². The van der Waals surface area contributed by atoms with E-state index in [4.69, 9.17) is 9.84 Å². The van der Waals surface area contributed by atoms with Gasteiger partial charge in [-0.25, -0.2) is 9.97 Å². The normalized spacial score (nSPS) is 20.1. The Hall–Kier alpha value is -1.00. The SMILES string of the molecule is OCC1(c2cncnc2)COC1.